The molecule has 1 amide bonds. The highest BCUT2D eigenvalue weighted by molar-refractivity contribution is 7.28. The number of amides is 1. The molecule has 7 nitrogen and oxygen atoms in total. The maximum absolute atomic E-state index is 14.0. The lowest BCUT2D eigenvalue weighted by Gasteiger charge is -2.22. The number of aryl methyl sites for hydroxylation is 1. The number of benzene rings is 1. The van der Waals surface area contributed by atoms with Crippen molar-refractivity contribution in [2.75, 3.05) is 23.3 Å². The molecule has 3 heterocycles. The monoisotopic (exact) mass is 412 g/mol. The lowest BCUT2D eigenvalue weighted by Crippen LogP contribution is -2.24. The van der Waals surface area contributed by atoms with Crippen molar-refractivity contribution in [2.24, 2.45) is 13.0 Å². The van der Waals surface area contributed by atoms with E-state index in [1.807, 2.05) is 0 Å². The molecule has 1 aliphatic heterocycles. The molecule has 0 saturated carbocycles. The number of hydrogen-bond acceptors (Lipinski definition) is 5. The van der Waals surface area contributed by atoms with Gasteiger partial charge in [0.25, 0.3) is 5.91 Å². The first-order chi connectivity index (χ1) is 13.9. The summed E-state index contributed by atoms with van der Waals surface area (Å²) in [6, 6.07) is 4.47. The largest absolute Gasteiger partial charge is 0.354 e. The van der Waals surface area contributed by atoms with Gasteiger partial charge in [0, 0.05) is 31.9 Å². The van der Waals surface area contributed by atoms with Crippen LogP contribution in [0, 0.1) is 11.7 Å². The van der Waals surface area contributed by atoms with Crippen molar-refractivity contribution in [3.63, 3.8) is 0 Å². The summed E-state index contributed by atoms with van der Waals surface area (Å²) in [5.41, 5.74) is 1.81. The van der Waals surface area contributed by atoms with Gasteiger partial charge in [-0.25, -0.2) is 19.3 Å². The van der Waals surface area contributed by atoms with E-state index < -0.39 is 0 Å². The average molecular weight is 412 g/mol. The molecule has 29 heavy (non-hydrogen) atoms. The summed E-state index contributed by atoms with van der Waals surface area (Å²) < 4.78 is 15.7. The summed E-state index contributed by atoms with van der Waals surface area (Å²) >= 11 is 0. The molecule has 0 aliphatic carbocycles. The van der Waals surface area contributed by atoms with E-state index in [4.69, 9.17) is 0 Å². The van der Waals surface area contributed by atoms with E-state index in [0.29, 0.717) is 28.7 Å². The zero-order valence-electron chi connectivity index (χ0n) is 16.3. The van der Waals surface area contributed by atoms with Crippen LogP contribution in [0.1, 0.15) is 23.8 Å². The molecule has 1 N–H and O–H groups in total. The second-order valence-corrected chi connectivity index (χ2v) is 7.99. The van der Waals surface area contributed by atoms with E-state index in [-0.39, 0.29) is 17.4 Å². The third kappa shape index (κ3) is 3.98. The van der Waals surface area contributed by atoms with E-state index in [1.165, 1.54) is 18.5 Å². The predicted octanol–water partition coefficient (Wildman–Crippen LogP) is 2.62. The molecular weight excluding hydrogens is 390 g/mol. The molecule has 1 aliphatic rings. The number of anilines is 2. The number of carbonyl (C=O) groups is 1. The fraction of sp³-hybridized carbons (Fsp3) is 0.300. The van der Waals surface area contributed by atoms with Crippen LogP contribution >= 0.6 is 9.24 Å². The summed E-state index contributed by atoms with van der Waals surface area (Å²) in [6.45, 7) is 3.85. The Balaban J connectivity index is 1.82. The van der Waals surface area contributed by atoms with Gasteiger partial charge in [-0.2, -0.15) is 0 Å². The molecule has 1 aromatic carbocycles. The molecule has 2 aromatic heterocycles. The second-order valence-electron chi connectivity index (χ2n) is 7.37. The summed E-state index contributed by atoms with van der Waals surface area (Å²) in [4.78, 5) is 28.0. The van der Waals surface area contributed by atoms with Gasteiger partial charge in [0.05, 0.1) is 6.33 Å². The van der Waals surface area contributed by atoms with Gasteiger partial charge in [-0.15, -0.1) is 9.24 Å². The van der Waals surface area contributed by atoms with Crippen molar-refractivity contribution in [1.82, 2.24) is 19.5 Å². The SMILES string of the molecule is C[C@H]1CCN(c2ncnc(-c3cc(F)ccc3P)c2NC(=O)c2cn(C)cn2)C1. The van der Waals surface area contributed by atoms with Gasteiger partial charge in [-0.05, 0) is 29.8 Å². The number of aromatic nitrogens is 4. The Bertz CT molecular complexity index is 1070. The van der Waals surface area contributed by atoms with Crippen LogP contribution in [0.25, 0.3) is 11.3 Å². The highest BCUT2D eigenvalue weighted by Gasteiger charge is 2.26. The summed E-state index contributed by atoms with van der Waals surface area (Å²) in [5.74, 6) is 0.427. The molecule has 0 bridgehead atoms. The lowest BCUT2D eigenvalue weighted by molar-refractivity contribution is 0.102. The van der Waals surface area contributed by atoms with Gasteiger partial charge < -0.3 is 14.8 Å². The van der Waals surface area contributed by atoms with E-state index in [1.54, 1.807) is 30.2 Å². The minimum Gasteiger partial charge on any atom is -0.354 e. The molecule has 1 saturated heterocycles. The fourth-order valence-corrected chi connectivity index (χ4v) is 3.82. The molecule has 4 rings (SSSR count). The molecule has 0 spiro atoms. The highest BCUT2D eigenvalue weighted by Crippen LogP contribution is 2.35. The number of hydrogen-bond donors (Lipinski definition) is 1. The normalized spacial score (nSPS) is 16.3. The van der Waals surface area contributed by atoms with Gasteiger partial charge in [0.15, 0.2) is 5.82 Å². The van der Waals surface area contributed by atoms with Crippen LogP contribution in [0.3, 0.4) is 0 Å². The van der Waals surface area contributed by atoms with Crippen molar-refractivity contribution in [3.05, 3.63) is 48.6 Å². The van der Waals surface area contributed by atoms with Gasteiger partial charge in [0.2, 0.25) is 0 Å². The minimum atomic E-state index is -0.372. The van der Waals surface area contributed by atoms with E-state index >= 15 is 0 Å². The molecule has 150 valence electrons. The standard InChI is InChI=1S/C20H22FN6OP/c1-12-5-6-27(8-12)19-18(25-20(28)15-9-26(2)11-24-15)17(22-10-23-19)14-7-13(21)3-4-16(14)29/h3-4,7,9-12H,5-6,8,29H2,1-2H3,(H,25,28)/t12-/m0/s1. The van der Waals surface area contributed by atoms with Crippen LogP contribution in [-0.4, -0.2) is 38.5 Å². The van der Waals surface area contributed by atoms with Crippen LogP contribution in [0.15, 0.2) is 37.1 Å². The number of rotatable bonds is 4. The van der Waals surface area contributed by atoms with Gasteiger partial charge in [-0.3, -0.25) is 4.79 Å². The first kappa shape index (κ1) is 19.5. The molecule has 9 heteroatoms. The molecular formula is C20H22FN6OP. The minimum absolute atomic E-state index is 0.286. The first-order valence-corrected chi connectivity index (χ1v) is 9.94. The van der Waals surface area contributed by atoms with Crippen LogP contribution in [0.5, 0.6) is 0 Å². The third-order valence-corrected chi connectivity index (χ3v) is 5.50. The topological polar surface area (TPSA) is 75.9 Å². The molecule has 1 fully saturated rings. The Morgan fingerprint density at radius 1 is 1.31 bits per heavy atom. The van der Waals surface area contributed by atoms with E-state index in [9.17, 15) is 9.18 Å². The average Bonchev–Trinajstić information content (AvgIpc) is 3.32. The van der Waals surface area contributed by atoms with Gasteiger partial charge >= 0.3 is 0 Å². The molecule has 1 unspecified atom stereocenters. The van der Waals surface area contributed by atoms with Gasteiger partial charge in [0.1, 0.15) is 29.2 Å². The Labute approximate surface area is 170 Å². The van der Waals surface area contributed by atoms with Crippen molar-refractivity contribution in [1.29, 1.82) is 0 Å². The summed E-state index contributed by atoms with van der Waals surface area (Å²) in [6.07, 6.45) is 5.70. The number of carbonyl (C=O) groups excluding carboxylic acids is 1. The van der Waals surface area contributed by atoms with Crippen molar-refractivity contribution in [2.45, 2.75) is 13.3 Å². The van der Waals surface area contributed by atoms with Crippen LogP contribution in [0.2, 0.25) is 0 Å². The van der Waals surface area contributed by atoms with E-state index in [2.05, 4.69) is 41.3 Å². The predicted molar refractivity (Wildman–Crippen MR) is 114 cm³/mol. The van der Waals surface area contributed by atoms with Crippen LogP contribution < -0.4 is 15.5 Å². The first-order valence-electron chi connectivity index (χ1n) is 9.37. The van der Waals surface area contributed by atoms with Gasteiger partial charge in [-0.1, -0.05) is 13.0 Å². The molecule has 2 atom stereocenters. The maximum atomic E-state index is 14.0. The number of nitrogens with zero attached hydrogens (tertiary/aromatic N) is 5. The summed E-state index contributed by atoms with van der Waals surface area (Å²) in [5, 5.41) is 3.71. The van der Waals surface area contributed by atoms with Crippen LogP contribution in [0.4, 0.5) is 15.9 Å². The fourth-order valence-electron chi connectivity index (χ4n) is 3.50. The van der Waals surface area contributed by atoms with Crippen LogP contribution in [-0.2, 0) is 7.05 Å². The maximum Gasteiger partial charge on any atom is 0.276 e. The number of imidazole rings is 1. The highest BCUT2D eigenvalue weighted by atomic mass is 31.0. The zero-order valence-corrected chi connectivity index (χ0v) is 17.4. The zero-order chi connectivity index (χ0) is 20.5. The van der Waals surface area contributed by atoms with Crippen molar-refractivity contribution >= 4 is 32.0 Å². The Hall–Kier alpha value is -2.86. The Morgan fingerprint density at radius 3 is 2.83 bits per heavy atom. The molecule has 0 radical (unpaired) electrons. The van der Waals surface area contributed by atoms with E-state index in [0.717, 1.165) is 24.8 Å². The van der Waals surface area contributed by atoms with Crippen molar-refractivity contribution in [3.8, 4) is 11.3 Å². The Kier molecular flexibility index (Phi) is 5.28. The second kappa shape index (κ2) is 7.87. The lowest BCUT2D eigenvalue weighted by atomic mass is 10.1. The third-order valence-electron chi connectivity index (χ3n) is 5.00. The number of nitrogens with one attached hydrogen (secondary N) is 1. The van der Waals surface area contributed by atoms with Crippen molar-refractivity contribution < 1.29 is 9.18 Å². The quantitative estimate of drug-likeness (QED) is 0.667. The summed E-state index contributed by atoms with van der Waals surface area (Å²) in [7, 11) is 4.39. The number of halogens is 1. The Morgan fingerprint density at radius 2 is 2.14 bits per heavy atom. The molecule has 3 aromatic rings. The smallest absolute Gasteiger partial charge is 0.276 e.